The second-order valence-corrected chi connectivity index (χ2v) is 9.28. The first-order valence-corrected chi connectivity index (χ1v) is 11.7. The Balaban J connectivity index is 0.00000361. The van der Waals surface area contributed by atoms with Crippen molar-refractivity contribution >= 4 is 40.9 Å². The highest BCUT2D eigenvalue weighted by atomic mass is 35.5. The number of likely N-dealkylation sites (N-methyl/N-ethyl adjacent to an activating group) is 1. The van der Waals surface area contributed by atoms with Crippen LogP contribution in [-0.4, -0.2) is 46.7 Å². The summed E-state index contributed by atoms with van der Waals surface area (Å²) in [5.74, 6) is -1.62. The van der Waals surface area contributed by atoms with Gasteiger partial charge in [0, 0.05) is 18.1 Å². The van der Waals surface area contributed by atoms with Crippen LogP contribution in [0.5, 0.6) is 0 Å². The number of aromatic nitrogens is 1. The van der Waals surface area contributed by atoms with E-state index in [4.69, 9.17) is 5.73 Å². The average molecular weight is 510 g/mol. The smallest absolute Gasteiger partial charge is 0.254 e. The Morgan fingerprint density at radius 3 is 2.36 bits per heavy atom. The molecule has 0 spiro atoms. The number of amides is 3. The van der Waals surface area contributed by atoms with E-state index >= 15 is 0 Å². The number of nitrogens with one attached hydrogen (secondary N) is 2. The van der Waals surface area contributed by atoms with Gasteiger partial charge in [-0.25, -0.2) is 0 Å². The molecule has 0 fully saturated rings. The SMILES string of the molecule is CN[C@@H](C)C(=O)N[C@H](C(=O)N1Cc2ccccc2C1(C(N)=O)c1nccc2ccccc12)C(C)C.Cl. The van der Waals surface area contributed by atoms with Crippen LogP contribution in [0.3, 0.4) is 0 Å². The van der Waals surface area contributed by atoms with E-state index in [1.54, 1.807) is 20.2 Å². The highest BCUT2D eigenvalue weighted by Crippen LogP contribution is 2.46. The number of hydrogen-bond donors (Lipinski definition) is 3. The Morgan fingerprint density at radius 1 is 1.03 bits per heavy atom. The summed E-state index contributed by atoms with van der Waals surface area (Å²) in [5.41, 5.74) is 6.39. The molecule has 4 rings (SSSR count). The molecule has 0 saturated carbocycles. The molecule has 3 amide bonds. The zero-order valence-electron chi connectivity index (χ0n) is 20.8. The number of carbonyl (C=O) groups is 3. The van der Waals surface area contributed by atoms with Gasteiger partial charge in [-0.2, -0.15) is 0 Å². The molecule has 3 atom stereocenters. The Morgan fingerprint density at radius 2 is 1.69 bits per heavy atom. The molecule has 2 heterocycles. The second-order valence-electron chi connectivity index (χ2n) is 9.28. The van der Waals surface area contributed by atoms with Crippen LogP contribution in [0.2, 0.25) is 0 Å². The van der Waals surface area contributed by atoms with Crippen LogP contribution in [0.25, 0.3) is 10.8 Å². The van der Waals surface area contributed by atoms with Crippen LogP contribution in [0.1, 0.15) is 37.6 Å². The van der Waals surface area contributed by atoms with Crippen molar-refractivity contribution in [1.82, 2.24) is 20.5 Å². The van der Waals surface area contributed by atoms with E-state index in [1.165, 1.54) is 4.90 Å². The maximum absolute atomic E-state index is 14.2. The van der Waals surface area contributed by atoms with Gasteiger partial charge in [-0.1, -0.05) is 62.4 Å². The molecule has 1 aliphatic rings. The van der Waals surface area contributed by atoms with E-state index in [1.807, 2.05) is 68.4 Å². The molecule has 3 aromatic rings. The number of rotatable bonds is 7. The minimum absolute atomic E-state index is 0. The number of halogens is 1. The third kappa shape index (κ3) is 4.31. The maximum atomic E-state index is 14.2. The van der Waals surface area contributed by atoms with Crippen LogP contribution in [0.4, 0.5) is 0 Å². The molecule has 0 aliphatic carbocycles. The van der Waals surface area contributed by atoms with E-state index in [9.17, 15) is 14.4 Å². The topological polar surface area (TPSA) is 117 Å². The number of nitrogens with two attached hydrogens (primary N) is 1. The number of primary amides is 1. The standard InChI is InChI=1S/C27H31N5O3.ClH/c1-16(2)22(31-24(33)17(3)29-4)25(34)32-15-19-10-6-8-12-21(19)27(32,26(28)35)23-20-11-7-5-9-18(20)13-14-30-23;/h5-14,16-17,22,29H,15H2,1-4H3,(H2,28,35)(H,31,33);1H/t17-,22-,27?;/m0./s1. The first kappa shape index (κ1) is 27.1. The van der Waals surface area contributed by atoms with Crippen molar-refractivity contribution in [2.24, 2.45) is 11.7 Å². The lowest BCUT2D eigenvalue weighted by Crippen LogP contribution is -2.61. The number of nitrogens with zero attached hydrogens (tertiary/aromatic N) is 2. The fourth-order valence-corrected chi connectivity index (χ4v) is 4.83. The Labute approximate surface area is 217 Å². The van der Waals surface area contributed by atoms with Gasteiger partial charge in [0.1, 0.15) is 6.04 Å². The highest BCUT2D eigenvalue weighted by Gasteiger charge is 2.56. The van der Waals surface area contributed by atoms with Crippen molar-refractivity contribution in [2.75, 3.05) is 7.05 Å². The predicted molar refractivity (Wildman–Crippen MR) is 141 cm³/mol. The molecule has 4 N–H and O–H groups in total. The number of pyridine rings is 1. The molecule has 36 heavy (non-hydrogen) atoms. The molecule has 190 valence electrons. The Bertz CT molecular complexity index is 1290. The molecule has 0 radical (unpaired) electrons. The first-order chi connectivity index (χ1) is 16.7. The summed E-state index contributed by atoms with van der Waals surface area (Å²) in [6, 6.07) is 15.5. The zero-order chi connectivity index (χ0) is 25.3. The summed E-state index contributed by atoms with van der Waals surface area (Å²) in [4.78, 5) is 46.5. The highest BCUT2D eigenvalue weighted by molar-refractivity contribution is 6.02. The molecule has 2 aromatic carbocycles. The lowest BCUT2D eigenvalue weighted by molar-refractivity contribution is -0.147. The Kier molecular flexibility index (Phi) is 8.01. The molecule has 9 heteroatoms. The first-order valence-electron chi connectivity index (χ1n) is 11.7. The fourth-order valence-electron chi connectivity index (χ4n) is 4.83. The minimum Gasteiger partial charge on any atom is -0.367 e. The third-order valence-corrected chi connectivity index (χ3v) is 6.84. The van der Waals surface area contributed by atoms with Crippen molar-refractivity contribution in [2.45, 2.75) is 44.9 Å². The molecule has 1 aliphatic heterocycles. The summed E-state index contributed by atoms with van der Waals surface area (Å²) in [7, 11) is 1.68. The van der Waals surface area contributed by atoms with Crippen molar-refractivity contribution in [3.8, 4) is 0 Å². The van der Waals surface area contributed by atoms with Gasteiger partial charge < -0.3 is 21.3 Å². The van der Waals surface area contributed by atoms with Crippen molar-refractivity contribution < 1.29 is 14.4 Å². The van der Waals surface area contributed by atoms with E-state index in [0.29, 0.717) is 11.3 Å². The van der Waals surface area contributed by atoms with Crippen LogP contribution in [0.15, 0.2) is 60.8 Å². The van der Waals surface area contributed by atoms with E-state index in [2.05, 4.69) is 15.6 Å². The van der Waals surface area contributed by atoms with Gasteiger partial charge in [0.2, 0.25) is 11.8 Å². The normalized spacial score (nSPS) is 18.3. The van der Waals surface area contributed by atoms with E-state index < -0.39 is 23.5 Å². The van der Waals surface area contributed by atoms with Gasteiger partial charge in [-0.3, -0.25) is 19.4 Å². The number of fused-ring (bicyclic) bond motifs is 2. The van der Waals surface area contributed by atoms with Gasteiger partial charge in [0.05, 0.1) is 11.7 Å². The van der Waals surface area contributed by atoms with Gasteiger partial charge in [0.15, 0.2) is 5.54 Å². The van der Waals surface area contributed by atoms with Crippen LogP contribution >= 0.6 is 12.4 Å². The van der Waals surface area contributed by atoms with Gasteiger partial charge in [-0.15, -0.1) is 12.4 Å². The Hall–Kier alpha value is -3.49. The summed E-state index contributed by atoms with van der Waals surface area (Å²) < 4.78 is 0. The lowest BCUT2D eigenvalue weighted by atomic mass is 9.82. The third-order valence-electron chi connectivity index (χ3n) is 6.84. The molecular weight excluding hydrogens is 478 g/mol. The van der Waals surface area contributed by atoms with Crippen molar-refractivity contribution in [3.05, 3.63) is 77.6 Å². The number of carbonyl (C=O) groups excluding carboxylic acids is 3. The fraction of sp³-hybridized carbons (Fsp3) is 0.333. The number of benzene rings is 2. The van der Waals surface area contributed by atoms with E-state index in [0.717, 1.165) is 16.3 Å². The van der Waals surface area contributed by atoms with Gasteiger partial charge in [-0.05, 0) is 42.5 Å². The van der Waals surface area contributed by atoms with Crippen molar-refractivity contribution in [3.63, 3.8) is 0 Å². The molecule has 1 aromatic heterocycles. The summed E-state index contributed by atoms with van der Waals surface area (Å²) in [6.07, 6.45) is 1.63. The average Bonchev–Trinajstić information content (AvgIpc) is 3.21. The summed E-state index contributed by atoms with van der Waals surface area (Å²) >= 11 is 0. The van der Waals surface area contributed by atoms with Crippen LogP contribution < -0.4 is 16.4 Å². The van der Waals surface area contributed by atoms with Crippen LogP contribution in [-0.2, 0) is 26.5 Å². The molecule has 1 unspecified atom stereocenters. The minimum atomic E-state index is -1.62. The number of hydrogen-bond acceptors (Lipinski definition) is 5. The molecule has 0 saturated heterocycles. The summed E-state index contributed by atoms with van der Waals surface area (Å²) in [6.45, 7) is 5.61. The monoisotopic (exact) mass is 509 g/mol. The van der Waals surface area contributed by atoms with Gasteiger partial charge in [0.25, 0.3) is 5.91 Å². The lowest BCUT2D eigenvalue weighted by Gasteiger charge is -2.39. The molecule has 0 bridgehead atoms. The van der Waals surface area contributed by atoms with Crippen LogP contribution in [0, 0.1) is 5.92 Å². The van der Waals surface area contributed by atoms with Gasteiger partial charge >= 0.3 is 0 Å². The largest absolute Gasteiger partial charge is 0.367 e. The second kappa shape index (κ2) is 10.6. The van der Waals surface area contributed by atoms with Crippen molar-refractivity contribution in [1.29, 1.82) is 0 Å². The summed E-state index contributed by atoms with van der Waals surface area (Å²) in [5, 5.41) is 7.38. The van der Waals surface area contributed by atoms with E-state index in [-0.39, 0.29) is 36.7 Å². The zero-order valence-corrected chi connectivity index (χ0v) is 21.6. The maximum Gasteiger partial charge on any atom is 0.254 e. The molecular formula is C27H32ClN5O3. The quantitative estimate of drug-likeness (QED) is 0.452. The molecule has 8 nitrogen and oxygen atoms in total. The predicted octanol–water partition coefficient (Wildman–Crippen LogP) is 2.48.